The number of hydrogen-bond donors (Lipinski definition) is 1. The molecule has 2 N–H and O–H groups in total. The van der Waals surface area contributed by atoms with Gasteiger partial charge in [-0.15, -0.1) is 0 Å². The molecule has 0 aliphatic rings. The first-order valence-corrected chi connectivity index (χ1v) is 7.00. The summed E-state index contributed by atoms with van der Waals surface area (Å²) in [6.45, 7) is 6.78. The van der Waals surface area contributed by atoms with Gasteiger partial charge in [0.2, 0.25) is 0 Å². The van der Waals surface area contributed by atoms with Gasteiger partial charge in [0.1, 0.15) is 5.75 Å². The topological polar surface area (TPSA) is 53.1 Å². The maximum absolute atomic E-state index is 6.32. The molecule has 1 aromatic heterocycles. The maximum atomic E-state index is 6.32. The summed E-state index contributed by atoms with van der Waals surface area (Å²) in [6, 6.07) is 8.00. The molecular formula is C16H23N3O. The Kier molecular flexibility index (Phi) is 4.45. The molecule has 0 fully saturated rings. The van der Waals surface area contributed by atoms with Crippen LogP contribution < -0.4 is 10.5 Å². The van der Waals surface area contributed by atoms with Crippen LogP contribution in [0.25, 0.3) is 0 Å². The molecule has 1 heterocycles. The highest BCUT2D eigenvalue weighted by Crippen LogP contribution is 2.22. The zero-order valence-electron chi connectivity index (χ0n) is 12.7. The molecule has 4 heteroatoms. The number of nitrogens with two attached hydrogens (primary N) is 1. The highest BCUT2D eigenvalue weighted by Gasteiger charge is 2.14. The van der Waals surface area contributed by atoms with Gasteiger partial charge in [0.05, 0.1) is 12.3 Å². The van der Waals surface area contributed by atoms with Gasteiger partial charge in [-0.05, 0) is 50.5 Å². The third kappa shape index (κ3) is 3.02. The van der Waals surface area contributed by atoms with Crippen molar-refractivity contribution in [3.05, 3.63) is 46.8 Å². The van der Waals surface area contributed by atoms with Crippen molar-refractivity contribution in [2.24, 2.45) is 12.8 Å². The van der Waals surface area contributed by atoms with E-state index in [1.54, 1.807) is 0 Å². The Hall–Kier alpha value is -1.81. The number of rotatable bonds is 5. The lowest BCUT2D eigenvalue weighted by molar-refractivity contribution is 0.340. The number of nitrogens with zero attached hydrogens (tertiary/aromatic N) is 2. The molecule has 0 radical (unpaired) electrons. The van der Waals surface area contributed by atoms with Gasteiger partial charge in [-0.2, -0.15) is 5.10 Å². The fraction of sp³-hybridized carbons (Fsp3) is 0.438. The molecule has 2 aromatic rings. The van der Waals surface area contributed by atoms with Crippen molar-refractivity contribution in [1.29, 1.82) is 0 Å². The maximum Gasteiger partial charge on any atom is 0.119 e. The summed E-state index contributed by atoms with van der Waals surface area (Å²) in [6.07, 6.45) is 0.805. The summed E-state index contributed by atoms with van der Waals surface area (Å²) >= 11 is 0. The molecule has 0 saturated heterocycles. The highest BCUT2D eigenvalue weighted by atomic mass is 16.5. The lowest BCUT2D eigenvalue weighted by Crippen LogP contribution is -2.14. The normalized spacial score (nSPS) is 12.4. The van der Waals surface area contributed by atoms with Crippen LogP contribution in [-0.4, -0.2) is 16.4 Å². The minimum atomic E-state index is -0.0210. The first-order valence-electron chi connectivity index (χ1n) is 7.00. The van der Waals surface area contributed by atoms with E-state index in [2.05, 4.69) is 12.0 Å². The van der Waals surface area contributed by atoms with Crippen molar-refractivity contribution < 1.29 is 4.74 Å². The number of aromatic nitrogens is 2. The van der Waals surface area contributed by atoms with Crippen LogP contribution in [-0.2, 0) is 13.5 Å². The van der Waals surface area contributed by atoms with E-state index < -0.39 is 0 Å². The molecule has 0 saturated carbocycles. The van der Waals surface area contributed by atoms with Crippen LogP contribution in [0.5, 0.6) is 5.75 Å². The third-order valence-electron chi connectivity index (χ3n) is 3.70. The zero-order valence-corrected chi connectivity index (χ0v) is 12.7. The van der Waals surface area contributed by atoms with Crippen LogP contribution in [0.2, 0.25) is 0 Å². The number of ether oxygens (including phenoxy) is 1. The molecule has 1 unspecified atom stereocenters. The van der Waals surface area contributed by atoms with Gasteiger partial charge in [0.15, 0.2) is 0 Å². The average Bonchev–Trinajstić information content (AvgIpc) is 2.66. The molecule has 1 aromatic carbocycles. The number of aryl methyl sites for hydroxylation is 2. The predicted molar refractivity (Wildman–Crippen MR) is 80.9 cm³/mol. The van der Waals surface area contributed by atoms with Crippen LogP contribution in [0.3, 0.4) is 0 Å². The van der Waals surface area contributed by atoms with Crippen molar-refractivity contribution in [2.45, 2.75) is 33.2 Å². The Morgan fingerprint density at radius 2 is 1.90 bits per heavy atom. The average molecular weight is 273 g/mol. The van der Waals surface area contributed by atoms with E-state index in [0.29, 0.717) is 6.61 Å². The quantitative estimate of drug-likeness (QED) is 0.911. The van der Waals surface area contributed by atoms with Crippen molar-refractivity contribution in [3.63, 3.8) is 0 Å². The van der Waals surface area contributed by atoms with E-state index in [4.69, 9.17) is 10.5 Å². The van der Waals surface area contributed by atoms with E-state index in [0.717, 1.165) is 23.4 Å². The van der Waals surface area contributed by atoms with Gasteiger partial charge in [-0.25, -0.2) is 0 Å². The Labute approximate surface area is 120 Å². The minimum absolute atomic E-state index is 0.0210. The fourth-order valence-electron chi connectivity index (χ4n) is 2.43. The van der Waals surface area contributed by atoms with Crippen LogP contribution >= 0.6 is 0 Å². The van der Waals surface area contributed by atoms with E-state index in [1.807, 2.05) is 49.8 Å². The standard InChI is InChI=1S/C16H23N3O/c1-5-20-14-8-6-13(7-9-14)16(17)10-15-11(2)18-19(4)12(15)3/h6-9,16H,5,10,17H2,1-4H3. The summed E-state index contributed by atoms with van der Waals surface area (Å²) in [5.41, 5.74) is 10.9. The molecule has 0 aliphatic carbocycles. The van der Waals surface area contributed by atoms with Gasteiger partial charge < -0.3 is 10.5 Å². The summed E-state index contributed by atoms with van der Waals surface area (Å²) in [5.74, 6) is 0.886. The van der Waals surface area contributed by atoms with Gasteiger partial charge in [0, 0.05) is 18.8 Å². The van der Waals surface area contributed by atoms with Gasteiger partial charge >= 0.3 is 0 Å². The molecule has 4 nitrogen and oxygen atoms in total. The smallest absolute Gasteiger partial charge is 0.119 e. The van der Waals surface area contributed by atoms with E-state index >= 15 is 0 Å². The molecule has 0 amide bonds. The van der Waals surface area contributed by atoms with E-state index in [9.17, 15) is 0 Å². The summed E-state index contributed by atoms with van der Waals surface area (Å²) in [5, 5.41) is 4.44. The van der Waals surface area contributed by atoms with Crippen molar-refractivity contribution in [3.8, 4) is 5.75 Å². The van der Waals surface area contributed by atoms with E-state index in [-0.39, 0.29) is 6.04 Å². The second-order valence-corrected chi connectivity index (χ2v) is 5.09. The SMILES string of the molecule is CCOc1ccc(C(N)Cc2c(C)nn(C)c2C)cc1. The molecule has 0 aliphatic heterocycles. The van der Waals surface area contributed by atoms with Crippen molar-refractivity contribution in [2.75, 3.05) is 6.61 Å². The molecule has 0 bridgehead atoms. The Bertz CT molecular complexity index is 572. The lowest BCUT2D eigenvalue weighted by Gasteiger charge is -2.13. The van der Waals surface area contributed by atoms with Gasteiger partial charge in [-0.3, -0.25) is 4.68 Å². The Morgan fingerprint density at radius 1 is 1.25 bits per heavy atom. The largest absolute Gasteiger partial charge is 0.494 e. The first-order chi connectivity index (χ1) is 9.52. The summed E-state index contributed by atoms with van der Waals surface area (Å²) < 4.78 is 7.36. The minimum Gasteiger partial charge on any atom is -0.494 e. The number of benzene rings is 1. The van der Waals surface area contributed by atoms with Crippen LogP contribution in [0.4, 0.5) is 0 Å². The third-order valence-corrected chi connectivity index (χ3v) is 3.70. The molecule has 2 rings (SSSR count). The Morgan fingerprint density at radius 3 is 2.40 bits per heavy atom. The van der Waals surface area contributed by atoms with Crippen molar-refractivity contribution >= 4 is 0 Å². The number of hydrogen-bond acceptors (Lipinski definition) is 3. The molecule has 1 atom stereocenters. The highest BCUT2D eigenvalue weighted by molar-refractivity contribution is 5.32. The zero-order chi connectivity index (χ0) is 14.7. The van der Waals surface area contributed by atoms with Crippen LogP contribution in [0.15, 0.2) is 24.3 Å². The fourth-order valence-corrected chi connectivity index (χ4v) is 2.43. The molecule has 20 heavy (non-hydrogen) atoms. The molecule has 0 spiro atoms. The van der Waals surface area contributed by atoms with Crippen molar-refractivity contribution in [1.82, 2.24) is 9.78 Å². The van der Waals surface area contributed by atoms with Gasteiger partial charge in [0.25, 0.3) is 0 Å². The van der Waals surface area contributed by atoms with Crippen LogP contribution in [0.1, 0.15) is 35.5 Å². The summed E-state index contributed by atoms with van der Waals surface area (Å²) in [4.78, 5) is 0. The summed E-state index contributed by atoms with van der Waals surface area (Å²) in [7, 11) is 1.97. The molecule has 108 valence electrons. The monoisotopic (exact) mass is 273 g/mol. The van der Waals surface area contributed by atoms with E-state index in [1.165, 1.54) is 11.3 Å². The van der Waals surface area contributed by atoms with Crippen LogP contribution in [0, 0.1) is 13.8 Å². The first kappa shape index (κ1) is 14.6. The van der Waals surface area contributed by atoms with Gasteiger partial charge in [-0.1, -0.05) is 12.1 Å². The second-order valence-electron chi connectivity index (χ2n) is 5.09. The second kappa shape index (κ2) is 6.09. The lowest BCUT2D eigenvalue weighted by atomic mass is 9.98. The molecular weight excluding hydrogens is 250 g/mol. The Balaban J connectivity index is 2.13. The predicted octanol–water partition coefficient (Wildman–Crippen LogP) is 2.68.